The van der Waals surface area contributed by atoms with Gasteiger partial charge in [-0.2, -0.15) is 0 Å². The van der Waals surface area contributed by atoms with Gasteiger partial charge < -0.3 is 10.2 Å². The molecule has 0 aliphatic heterocycles. The van der Waals surface area contributed by atoms with Crippen LogP contribution in [-0.4, -0.2) is 49.0 Å². The summed E-state index contributed by atoms with van der Waals surface area (Å²) in [4.78, 5) is 23.7. The Labute approximate surface area is 96.8 Å². The average molecular weight is 232 g/mol. The van der Waals surface area contributed by atoms with Crippen LogP contribution in [0.25, 0.3) is 0 Å². The number of nitrogens with zero attached hydrogens (tertiary/aromatic N) is 1. The van der Waals surface area contributed by atoms with E-state index >= 15 is 0 Å². The summed E-state index contributed by atoms with van der Waals surface area (Å²) in [5.41, 5.74) is 0. The van der Waals surface area contributed by atoms with Crippen molar-refractivity contribution in [2.45, 2.75) is 19.8 Å². The molecule has 0 heterocycles. The van der Waals surface area contributed by atoms with Gasteiger partial charge in [0.2, 0.25) is 0 Å². The van der Waals surface area contributed by atoms with Gasteiger partial charge in [-0.3, -0.25) is 9.59 Å². The minimum Gasteiger partial charge on any atom is -0.318 e. The molecule has 0 atom stereocenters. The summed E-state index contributed by atoms with van der Waals surface area (Å²) in [5, 5.41) is 2.94. The van der Waals surface area contributed by atoms with Crippen LogP contribution in [-0.2, 0) is 9.59 Å². The van der Waals surface area contributed by atoms with Gasteiger partial charge in [0.05, 0.1) is 0 Å². The van der Waals surface area contributed by atoms with E-state index in [1.54, 1.807) is 6.92 Å². The maximum absolute atomic E-state index is 10.8. The number of Topliss-reactive ketones (excluding diaryl/α,β-unsaturated/α-hetero) is 1. The van der Waals surface area contributed by atoms with Crippen LogP contribution >= 0.6 is 12.6 Å². The fraction of sp³-hybridized carbons (Fsp3) is 0.800. The van der Waals surface area contributed by atoms with Gasteiger partial charge in [-0.25, -0.2) is 0 Å². The standard InChI is InChI=1S/C10H20N2O2S/c1-9(13)3-6-12(8-5-11-2)7-4-10(14)15/h11H,3-8H2,1-2H3,(H,14,15). The van der Waals surface area contributed by atoms with Crippen LogP contribution in [0.4, 0.5) is 0 Å². The van der Waals surface area contributed by atoms with E-state index in [-0.39, 0.29) is 10.9 Å². The van der Waals surface area contributed by atoms with E-state index in [4.69, 9.17) is 0 Å². The Kier molecular flexibility index (Phi) is 8.65. The molecular formula is C10H20N2O2S. The molecule has 0 fully saturated rings. The second-order valence-corrected chi connectivity index (χ2v) is 4.04. The summed E-state index contributed by atoms with van der Waals surface area (Å²) in [5.74, 6) is 0.182. The number of ketones is 1. The van der Waals surface area contributed by atoms with E-state index < -0.39 is 0 Å². The molecule has 0 unspecified atom stereocenters. The number of rotatable bonds is 9. The molecule has 0 radical (unpaired) electrons. The van der Waals surface area contributed by atoms with Gasteiger partial charge in [0.15, 0.2) is 5.12 Å². The lowest BCUT2D eigenvalue weighted by Crippen LogP contribution is -2.33. The summed E-state index contributed by atoms with van der Waals surface area (Å²) < 4.78 is 0. The van der Waals surface area contributed by atoms with E-state index in [1.807, 2.05) is 7.05 Å². The predicted octanol–water partition coefficient (Wildman–Crippen LogP) is 0.333. The van der Waals surface area contributed by atoms with Crippen LogP contribution in [0, 0.1) is 0 Å². The SMILES string of the molecule is CNCCN(CCC(C)=O)CCC(=O)S. The molecule has 15 heavy (non-hydrogen) atoms. The fourth-order valence-electron chi connectivity index (χ4n) is 1.17. The van der Waals surface area contributed by atoms with E-state index in [0.717, 1.165) is 19.6 Å². The van der Waals surface area contributed by atoms with Crippen molar-refractivity contribution in [1.82, 2.24) is 10.2 Å². The summed E-state index contributed by atoms with van der Waals surface area (Å²) in [6.07, 6.45) is 0.981. The highest BCUT2D eigenvalue weighted by atomic mass is 32.1. The molecular weight excluding hydrogens is 212 g/mol. The number of thiol groups is 1. The van der Waals surface area contributed by atoms with Crippen molar-refractivity contribution >= 4 is 23.5 Å². The van der Waals surface area contributed by atoms with Gasteiger partial charge in [-0.15, -0.1) is 12.6 Å². The summed E-state index contributed by atoms with van der Waals surface area (Å²) in [7, 11) is 1.88. The number of carbonyl (C=O) groups excluding carboxylic acids is 2. The minimum absolute atomic E-state index is 0.104. The van der Waals surface area contributed by atoms with Crippen LogP contribution in [0.15, 0.2) is 0 Å². The zero-order chi connectivity index (χ0) is 11.7. The van der Waals surface area contributed by atoms with Crippen LogP contribution in [0.5, 0.6) is 0 Å². The number of hydrogen-bond acceptors (Lipinski definition) is 4. The molecule has 0 aromatic rings. The molecule has 4 nitrogen and oxygen atoms in total. The lowest BCUT2D eigenvalue weighted by Gasteiger charge is -2.20. The Hall–Kier alpha value is -0.390. The van der Waals surface area contributed by atoms with E-state index in [2.05, 4.69) is 22.8 Å². The van der Waals surface area contributed by atoms with Crippen molar-refractivity contribution in [3.63, 3.8) is 0 Å². The first-order valence-electron chi connectivity index (χ1n) is 5.14. The molecule has 0 bridgehead atoms. The van der Waals surface area contributed by atoms with E-state index in [0.29, 0.717) is 19.4 Å². The fourth-order valence-corrected chi connectivity index (χ4v) is 1.27. The average Bonchev–Trinajstić information content (AvgIpc) is 2.16. The third kappa shape index (κ3) is 9.90. The van der Waals surface area contributed by atoms with Gasteiger partial charge in [0, 0.05) is 39.0 Å². The van der Waals surface area contributed by atoms with Crippen molar-refractivity contribution in [1.29, 1.82) is 0 Å². The monoisotopic (exact) mass is 232 g/mol. The van der Waals surface area contributed by atoms with Crippen LogP contribution in [0.1, 0.15) is 19.8 Å². The second-order valence-electron chi connectivity index (χ2n) is 3.54. The molecule has 1 N–H and O–H groups in total. The molecule has 0 aliphatic carbocycles. The van der Waals surface area contributed by atoms with Crippen LogP contribution < -0.4 is 5.32 Å². The highest BCUT2D eigenvalue weighted by Gasteiger charge is 2.06. The summed E-state index contributed by atoms with van der Waals surface area (Å²) in [6.45, 7) is 4.69. The zero-order valence-corrected chi connectivity index (χ0v) is 10.3. The molecule has 0 saturated carbocycles. The van der Waals surface area contributed by atoms with E-state index in [1.165, 1.54) is 0 Å². The Morgan fingerprint density at radius 1 is 1.20 bits per heavy atom. The second kappa shape index (κ2) is 8.88. The normalized spacial score (nSPS) is 10.7. The summed E-state index contributed by atoms with van der Waals surface area (Å²) >= 11 is 3.72. The Morgan fingerprint density at radius 3 is 2.27 bits per heavy atom. The molecule has 0 aromatic carbocycles. The number of nitrogens with one attached hydrogen (secondary N) is 1. The smallest absolute Gasteiger partial charge is 0.187 e. The van der Waals surface area contributed by atoms with Crippen molar-refractivity contribution in [3.05, 3.63) is 0 Å². The molecule has 0 amide bonds. The van der Waals surface area contributed by atoms with E-state index in [9.17, 15) is 9.59 Å². The van der Waals surface area contributed by atoms with Crippen molar-refractivity contribution < 1.29 is 9.59 Å². The van der Waals surface area contributed by atoms with Crippen LogP contribution in [0.3, 0.4) is 0 Å². The van der Waals surface area contributed by atoms with Gasteiger partial charge in [0.25, 0.3) is 0 Å². The molecule has 0 aromatic heterocycles. The predicted molar refractivity (Wildman–Crippen MR) is 64.3 cm³/mol. The third-order valence-corrected chi connectivity index (χ3v) is 2.32. The van der Waals surface area contributed by atoms with Gasteiger partial charge in [0.1, 0.15) is 5.78 Å². The molecule has 0 rings (SSSR count). The Balaban J connectivity index is 3.82. The van der Waals surface area contributed by atoms with Crippen molar-refractivity contribution in [2.24, 2.45) is 0 Å². The first-order valence-corrected chi connectivity index (χ1v) is 5.59. The molecule has 0 saturated heterocycles. The van der Waals surface area contributed by atoms with Gasteiger partial charge in [-0.1, -0.05) is 0 Å². The maximum Gasteiger partial charge on any atom is 0.187 e. The highest BCUT2D eigenvalue weighted by Crippen LogP contribution is 1.97. The molecule has 0 aliphatic rings. The molecule has 5 heteroatoms. The number of hydrogen-bond donors (Lipinski definition) is 2. The number of likely N-dealkylation sites (N-methyl/N-ethyl adjacent to an activating group) is 1. The molecule has 88 valence electrons. The quantitative estimate of drug-likeness (QED) is 0.563. The number of carbonyl (C=O) groups is 2. The molecule has 0 spiro atoms. The minimum atomic E-state index is -0.104. The van der Waals surface area contributed by atoms with Gasteiger partial charge in [-0.05, 0) is 14.0 Å². The van der Waals surface area contributed by atoms with Crippen molar-refractivity contribution in [2.75, 3.05) is 33.2 Å². The lowest BCUT2D eigenvalue weighted by molar-refractivity contribution is -0.117. The first-order chi connectivity index (χ1) is 7.06. The maximum atomic E-state index is 10.8. The largest absolute Gasteiger partial charge is 0.318 e. The first kappa shape index (κ1) is 14.6. The third-order valence-electron chi connectivity index (χ3n) is 2.10. The Bertz CT molecular complexity index is 192. The topological polar surface area (TPSA) is 49.4 Å². The van der Waals surface area contributed by atoms with Crippen LogP contribution in [0.2, 0.25) is 0 Å². The lowest BCUT2D eigenvalue weighted by atomic mass is 10.3. The van der Waals surface area contributed by atoms with Gasteiger partial charge >= 0.3 is 0 Å². The Morgan fingerprint density at radius 2 is 1.80 bits per heavy atom. The summed E-state index contributed by atoms with van der Waals surface area (Å²) in [6, 6.07) is 0. The zero-order valence-electron chi connectivity index (χ0n) is 9.45. The van der Waals surface area contributed by atoms with Crippen molar-refractivity contribution in [3.8, 4) is 0 Å². The highest BCUT2D eigenvalue weighted by molar-refractivity contribution is 7.96.